The van der Waals surface area contributed by atoms with Gasteiger partial charge in [-0.3, -0.25) is 41.2 Å². The Balaban J connectivity index is -0.000000113. The molecule has 0 saturated heterocycles. The fourth-order valence-electron chi connectivity index (χ4n) is 9.29. The van der Waals surface area contributed by atoms with E-state index in [9.17, 15) is 19.5 Å². The third-order valence-electron chi connectivity index (χ3n) is 16.7. The molecule has 2 amide bonds. The third-order valence-corrected chi connectivity index (χ3v) is 41.6. The molecule has 0 aromatic carbocycles. The normalized spacial score (nSPS) is 11.6. The van der Waals surface area contributed by atoms with E-state index in [1.807, 2.05) is 41.5 Å². The molecule has 0 heterocycles. The summed E-state index contributed by atoms with van der Waals surface area (Å²) in [7, 11) is 18.2. The van der Waals surface area contributed by atoms with Crippen molar-refractivity contribution in [1.82, 2.24) is 9.80 Å². The first kappa shape index (κ1) is 145. The number of aliphatic hydroxyl groups excluding tert-OH is 1. The quantitative estimate of drug-likeness (QED) is 0.0325. The number of nitrogens with zero attached hydrogens (tertiary/aromatic N) is 2. The summed E-state index contributed by atoms with van der Waals surface area (Å²) in [5.41, 5.74) is 5.36. The molecule has 0 aliphatic carbocycles. The Labute approximate surface area is 741 Å². The van der Waals surface area contributed by atoms with Crippen LogP contribution in [0.4, 0.5) is 0 Å². The topological polar surface area (TPSA) is 483 Å². The van der Waals surface area contributed by atoms with Crippen molar-refractivity contribution in [2.45, 2.75) is 148 Å². The zero-order valence-corrected chi connectivity index (χ0v) is 91.9. The Kier molecular flexibility index (Phi) is 116. The lowest BCUT2D eigenvalue weighted by molar-refractivity contribution is -0.152. The van der Waals surface area contributed by atoms with Gasteiger partial charge in [-0.25, -0.2) is 0 Å². The van der Waals surface area contributed by atoms with Crippen molar-refractivity contribution >= 4 is 125 Å². The minimum Gasteiger partial charge on any atom is -0.458 e. The number of nitrogens with two attached hydrogens (primary N) is 1. The van der Waals surface area contributed by atoms with Gasteiger partial charge in [0.15, 0.2) is 0 Å². The fraction of sp³-hybridized carbons (Fsp3) is 0.894. The average Bonchev–Trinajstić information content (AvgIpc) is 0.882. The lowest BCUT2D eigenvalue weighted by atomic mass is 10.3. The van der Waals surface area contributed by atoms with Gasteiger partial charge in [-0.15, -0.1) is 13.2 Å². The number of amides is 2. The van der Waals surface area contributed by atoms with Crippen LogP contribution in [0.25, 0.3) is 0 Å². The van der Waals surface area contributed by atoms with Crippen LogP contribution in [0.15, 0.2) is 25.3 Å². The maximum Gasteiger partial charge on any atom is 0.549 e. The van der Waals surface area contributed by atoms with E-state index >= 15 is 0 Å². The first-order chi connectivity index (χ1) is 57.2. The van der Waals surface area contributed by atoms with E-state index in [4.69, 9.17) is 166 Å². The zero-order valence-electron chi connectivity index (χ0n) is 79.9. The third kappa shape index (κ3) is 74.5. The fourth-order valence-corrected chi connectivity index (χ4v) is 22.6. The molecule has 0 aromatic heterocycles. The molecule has 0 aliphatic rings. The van der Waals surface area contributed by atoms with E-state index in [0.717, 1.165) is 48.7 Å². The van der Waals surface area contributed by atoms with Crippen molar-refractivity contribution in [3.05, 3.63) is 25.3 Å². The van der Waals surface area contributed by atoms with Crippen molar-refractivity contribution in [2.24, 2.45) is 5.73 Å². The lowest BCUT2D eigenvalue weighted by Crippen LogP contribution is -2.44. The lowest BCUT2D eigenvalue weighted by Gasteiger charge is -2.28. The number of ether oxygens (including phenoxy) is 3. The van der Waals surface area contributed by atoms with Crippen LogP contribution in [0.5, 0.6) is 0 Å². The van der Waals surface area contributed by atoms with Gasteiger partial charge in [0.05, 0.1) is 39.1 Å². The molecular weight excluding hydrogens is 1810 g/mol. The Morgan fingerprint density at radius 1 is 0.331 bits per heavy atom. The molecule has 0 fully saturated rings. The zero-order chi connectivity index (χ0) is 97.1. The molecule has 0 radical (unpaired) electrons. The average molecular weight is 1970 g/mol. The summed E-state index contributed by atoms with van der Waals surface area (Å²) < 4.78 is 205. The Hall–Kier alpha value is -1.95. The summed E-state index contributed by atoms with van der Waals surface area (Å²) in [6.07, 6.45) is 4.15. The van der Waals surface area contributed by atoms with Crippen LogP contribution >= 0.6 is 0 Å². The second kappa shape index (κ2) is 97.1. The Bertz CT molecular complexity index is 2090. The predicted molar refractivity (Wildman–Crippen MR) is 471 cm³/mol. The minimum atomic E-state index is -2.67. The maximum atomic E-state index is 11.9. The molecule has 55 heteroatoms. The van der Waals surface area contributed by atoms with Gasteiger partial charge in [-0.1, -0.05) is 53.7 Å². The minimum absolute atomic E-state index is 0.0951. The molecule has 728 valence electrons. The molecule has 0 saturated carbocycles. The van der Waals surface area contributed by atoms with Crippen molar-refractivity contribution in [1.29, 1.82) is 0 Å². The number of esters is 1. The second-order valence-corrected chi connectivity index (χ2v) is 52.2. The van der Waals surface area contributed by atoms with E-state index in [1.54, 1.807) is 214 Å². The Morgan fingerprint density at radius 3 is 0.661 bits per heavy atom. The number of carbonyl (C=O) groups excluding carboxylic acids is 3. The van der Waals surface area contributed by atoms with Gasteiger partial charge in [0.25, 0.3) is 0 Å². The highest BCUT2D eigenvalue weighted by Crippen LogP contribution is 2.20. The van der Waals surface area contributed by atoms with Crippen LogP contribution in [0, 0.1) is 0 Å². The van der Waals surface area contributed by atoms with Gasteiger partial charge in [-0.2, -0.15) is 0 Å². The highest BCUT2D eigenvalue weighted by atomic mass is 28.4. The van der Waals surface area contributed by atoms with Crippen LogP contribution in [0.1, 0.15) is 81.6 Å². The smallest absolute Gasteiger partial charge is 0.458 e. The van der Waals surface area contributed by atoms with Crippen LogP contribution < -0.4 is 5.73 Å². The van der Waals surface area contributed by atoms with Crippen LogP contribution in [-0.2, 0) is 175 Å². The van der Waals surface area contributed by atoms with Gasteiger partial charge in [-0.05, 0) is 25.8 Å². The highest BCUT2D eigenvalue weighted by molar-refractivity contribution is 6.63. The predicted octanol–water partition coefficient (Wildman–Crippen LogP) is 5.57. The molecular formula is C66H161N3O40Si12. The summed E-state index contributed by atoms with van der Waals surface area (Å²) in [5, 5.41) is 9.87. The van der Waals surface area contributed by atoms with Gasteiger partial charge in [0.1, 0.15) is 6.10 Å². The molecule has 0 aromatic rings. The standard InChI is InChI=1S/C16H31NO7Si.C14H29NO6Si.C6H17NO3Si.6C5H14O3Si.3O2Si/c1-7-10-23-13-16(24-15(3)19)12-17(14(2)18)9-8-11-25(20-4,21-5)22-6;1-6-9-21-12-14(17)11-15(13(2)16)8-7-10-22(18-3,19-4)20-5;1-8-11(9-2,10-3)6-4-5-7;6*1-5-9(6-2,7-3)8-4;3*1-3-2/h7,16H,1,8-13H2,2-6H3;6,14,17H,1,7-12H2,2-5H3;4-7H2,1-3H3;6*5H2,1-4H3;;;. The van der Waals surface area contributed by atoms with Gasteiger partial charge >= 0.3 is 113 Å². The van der Waals surface area contributed by atoms with E-state index in [-0.39, 0.29) is 38.1 Å². The second-order valence-electron chi connectivity index (χ2n) is 22.6. The summed E-state index contributed by atoms with van der Waals surface area (Å²) in [6.45, 7) is 26.5. The van der Waals surface area contributed by atoms with E-state index in [2.05, 4.69) is 13.2 Å². The number of hydrogen-bond acceptors (Lipinski definition) is 41. The van der Waals surface area contributed by atoms with Crippen LogP contribution in [0.2, 0.25) is 54.4 Å². The van der Waals surface area contributed by atoms with Crippen molar-refractivity contribution in [2.75, 3.05) is 251 Å². The summed E-state index contributed by atoms with van der Waals surface area (Å²) in [5.74, 6) is -0.622. The van der Waals surface area contributed by atoms with Crippen molar-refractivity contribution in [3.63, 3.8) is 0 Å². The van der Waals surface area contributed by atoms with Crippen molar-refractivity contribution in [3.8, 4) is 0 Å². The van der Waals surface area contributed by atoms with E-state index in [0.29, 0.717) is 57.8 Å². The number of carbonyl (C=O) groups is 3. The highest BCUT2D eigenvalue weighted by Gasteiger charge is 2.42. The SMILES string of the molecule is C=CCOCC(CN(CCC[Si](OC)(OC)OC)C(C)=O)OC(C)=O.C=CCOCC(O)CN(CCC[Si](OC)(OC)OC)C(C)=O.CC[Si](OC)(OC)OC.CC[Si](OC)(OC)OC.CC[Si](OC)(OC)OC.CC[Si](OC)(OC)OC.CC[Si](OC)(OC)OC.CC[Si](OC)(OC)OC.CO[Si](CCCN)(OC)OC.O=[Si]=O.O=[Si]=O.O=[Si]=O. The van der Waals surface area contributed by atoms with Crippen LogP contribution in [0.3, 0.4) is 0 Å². The first-order valence-electron chi connectivity index (χ1n) is 37.5. The number of hydrogen-bond donors (Lipinski definition) is 2. The maximum absolute atomic E-state index is 11.9. The van der Waals surface area contributed by atoms with E-state index in [1.165, 1.54) is 20.8 Å². The molecule has 43 nitrogen and oxygen atoms in total. The number of rotatable bonds is 57. The molecule has 0 spiro atoms. The van der Waals surface area contributed by atoms with Crippen LogP contribution in [-0.4, -0.2) is 403 Å². The largest absolute Gasteiger partial charge is 0.549 e. The Morgan fingerprint density at radius 2 is 0.512 bits per heavy atom. The molecule has 2 unspecified atom stereocenters. The first-order valence-corrected chi connectivity index (χ1v) is 57.4. The van der Waals surface area contributed by atoms with Crippen molar-refractivity contribution < 1.29 is 180 Å². The molecule has 0 rings (SSSR count). The monoisotopic (exact) mass is 1970 g/mol. The van der Waals surface area contributed by atoms with Gasteiger partial charge in [0.2, 0.25) is 11.8 Å². The molecule has 121 heavy (non-hydrogen) atoms. The molecule has 2 atom stereocenters. The molecule has 0 aliphatic heterocycles. The van der Waals surface area contributed by atoms with Gasteiger partial charge in [0, 0.05) is 287 Å². The molecule has 3 N–H and O–H groups in total. The summed E-state index contributed by atoms with van der Waals surface area (Å²) in [4.78, 5) is 38.0. The van der Waals surface area contributed by atoms with Gasteiger partial charge < -0.3 is 154 Å². The molecule has 0 bridgehead atoms. The summed E-state index contributed by atoms with van der Waals surface area (Å²) >= 11 is 0. The summed E-state index contributed by atoms with van der Waals surface area (Å²) in [6, 6.07) is 6.86. The van der Waals surface area contributed by atoms with E-state index < -0.39 is 125 Å². The number of aliphatic hydroxyl groups is 1.